The highest BCUT2D eigenvalue weighted by Crippen LogP contribution is 2.33. The molecule has 0 aromatic heterocycles. The van der Waals surface area contributed by atoms with Crippen molar-refractivity contribution in [3.05, 3.63) is 48.3 Å². The van der Waals surface area contributed by atoms with Crippen molar-refractivity contribution < 1.29 is 27.1 Å². The molecule has 184 valence electrons. The molecule has 2 saturated heterocycles. The number of carbonyl (C=O) groups is 1. The summed E-state index contributed by atoms with van der Waals surface area (Å²) in [5.41, 5.74) is 0.372. The highest BCUT2D eigenvalue weighted by Gasteiger charge is 2.27. The van der Waals surface area contributed by atoms with Crippen LogP contribution >= 0.6 is 0 Å². The average molecular weight is 492 g/mol. The first kappa shape index (κ1) is 24.4. The van der Waals surface area contributed by atoms with Gasteiger partial charge in [0, 0.05) is 26.2 Å². The number of sulfonamides is 1. The average Bonchev–Trinajstić information content (AvgIpc) is 2.85. The van der Waals surface area contributed by atoms with Gasteiger partial charge in [0.05, 0.1) is 30.3 Å². The Labute approximate surface area is 199 Å². The Kier molecular flexibility index (Phi) is 7.70. The minimum absolute atomic E-state index is 0.00749. The molecule has 34 heavy (non-hydrogen) atoms. The second-order valence-electron chi connectivity index (χ2n) is 8.67. The van der Waals surface area contributed by atoms with Crippen LogP contribution in [0.4, 0.5) is 10.1 Å². The van der Waals surface area contributed by atoms with Crippen molar-refractivity contribution in [3.63, 3.8) is 0 Å². The lowest BCUT2D eigenvalue weighted by molar-refractivity contribution is -0.130. The van der Waals surface area contributed by atoms with Gasteiger partial charge in [-0.15, -0.1) is 0 Å². The fourth-order valence-electron chi connectivity index (χ4n) is 4.16. The molecule has 2 aromatic rings. The Balaban J connectivity index is 1.57. The molecule has 2 aromatic carbocycles. The predicted molar refractivity (Wildman–Crippen MR) is 126 cm³/mol. The molecule has 1 unspecified atom stereocenters. The van der Waals surface area contributed by atoms with E-state index in [1.165, 1.54) is 40.7 Å². The van der Waals surface area contributed by atoms with Crippen LogP contribution in [0, 0.1) is 11.7 Å². The lowest BCUT2D eigenvalue weighted by Gasteiger charge is -2.31. The van der Waals surface area contributed by atoms with Crippen LogP contribution < -0.4 is 10.1 Å². The lowest BCUT2D eigenvalue weighted by atomic mass is 10.0. The summed E-state index contributed by atoms with van der Waals surface area (Å²) in [7, 11) is -3.73. The van der Waals surface area contributed by atoms with Crippen LogP contribution in [-0.2, 0) is 19.6 Å². The van der Waals surface area contributed by atoms with E-state index in [0.29, 0.717) is 42.9 Å². The molecule has 8 nitrogen and oxygen atoms in total. The number of carbonyl (C=O) groups excluding carboxylic acids is 1. The quantitative estimate of drug-likeness (QED) is 0.640. The summed E-state index contributed by atoms with van der Waals surface area (Å²) in [6, 6.07) is 10.0. The van der Waals surface area contributed by atoms with Gasteiger partial charge >= 0.3 is 0 Å². The molecule has 4 rings (SSSR count). The number of halogens is 1. The smallest absolute Gasteiger partial charge is 0.243 e. The summed E-state index contributed by atoms with van der Waals surface area (Å²) in [6.07, 6.45) is 2.08. The van der Waals surface area contributed by atoms with Crippen molar-refractivity contribution >= 4 is 21.6 Å². The number of nitrogens with zero attached hydrogens (tertiary/aromatic N) is 2. The molecule has 1 N–H and O–H groups in total. The molecule has 1 atom stereocenters. The largest absolute Gasteiger partial charge is 0.455 e. The van der Waals surface area contributed by atoms with Crippen molar-refractivity contribution in [2.45, 2.75) is 24.7 Å². The summed E-state index contributed by atoms with van der Waals surface area (Å²) in [5, 5.41) is 3.07. The minimum Gasteiger partial charge on any atom is -0.455 e. The topological polar surface area (TPSA) is 88.2 Å². The van der Waals surface area contributed by atoms with Crippen LogP contribution in [0.15, 0.2) is 47.4 Å². The Morgan fingerprint density at radius 3 is 2.59 bits per heavy atom. The molecule has 0 bridgehead atoms. The molecule has 0 spiro atoms. The first-order valence-electron chi connectivity index (χ1n) is 11.5. The summed E-state index contributed by atoms with van der Waals surface area (Å²) in [6.45, 7) is 4.82. The zero-order valence-corrected chi connectivity index (χ0v) is 20.0. The molecule has 2 heterocycles. The maximum absolute atomic E-state index is 13.3. The molecule has 0 saturated carbocycles. The van der Waals surface area contributed by atoms with Gasteiger partial charge in [-0.2, -0.15) is 4.31 Å². The van der Waals surface area contributed by atoms with Gasteiger partial charge in [0.1, 0.15) is 11.6 Å². The van der Waals surface area contributed by atoms with Crippen molar-refractivity contribution in [1.82, 2.24) is 9.21 Å². The Bertz CT molecular complexity index is 1100. The summed E-state index contributed by atoms with van der Waals surface area (Å²) >= 11 is 0. The number of likely N-dealkylation sites (tertiary alicyclic amines) is 1. The van der Waals surface area contributed by atoms with Crippen LogP contribution in [0.1, 0.15) is 19.8 Å². The maximum Gasteiger partial charge on any atom is 0.243 e. The second kappa shape index (κ2) is 10.7. The van der Waals surface area contributed by atoms with Crippen LogP contribution in [0.25, 0.3) is 0 Å². The number of nitrogens with one attached hydrogen (secondary N) is 1. The normalized spacial score (nSPS) is 19.6. The predicted octanol–water partition coefficient (Wildman–Crippen LogP) is 3.31. The maximum atomic E-state index is 13.3. The van der Waals surface area contributed by atoms with E-state index >= 15 is 0 Å². The van der Waals surface area contributed by atoms with E-state index in [1.54, 1.807) is 6.07 Å². The Morgan fingerprint density at radius 2 is 1.88 bits per heavy atom. The number of ether oxygens (including phenoxy) is 2. The minimum atomic E-state index is -3.73. The summed E-state index contributed by atoms with van der Waals surface area (Å²) < 4.78 is 52.1. The monoisotopic (exact) mass is 491 g/mol. The van der Waals surface area contributed by atoms with Crippen LogP contribution in [0.5, 0.6) is 11.5 Å². The Hall–Kier alpha value is -2.69. The summed E-state index contributed by atoms with van der Waals surface area (Å²) in [5.74, 6) is 0.744. The first-order chi connectivity index (χ1) is 16.3. The van der Waals surface area contributed by atoms with E-state index in [-0.39, 0.29) is 36.3 Å². The molecular formula is C24H30FN3O5S. The standard InChI is InChI=1S/C24H30FN3O5S/c1-18-3-2-10-27(17-18)24(29)16-26-22-15-21(34(30,31)28-11-13-32-14-12-28)8-9-23(22)33-20-6-4-19(25)5-7-20/h4-9,15,18,26H,2-3,10-14,16-17H2,1H3. The van der Waals surface area contributed by atoms with Gasteiger partial charge in [0.25, 0.3) is 0 Å². The van der Waals surface area contributed by atoms with E-state index in [0.717, 1.165) is 19.4 Å². The number of hydrogen-bond acceptors (Lipinski definition) is 6. The van der Waals surface area contributed by atoms with Crippen LogP contribution in [0.2, 0.25) is 0 Å². The third-order valence-corrected chi connectivity index (χ3v) is 7.93. The summed E-state index contributed by atoms with van der Waals surface area (Å²) in [4.78, 5) is 14.7. The van der Waals surface area contributed by atoms with Gasteiger partial charge in [-0.3, -0.25) is 4.79 Å². The van der Waals surface area contributed by atoms with E-state index in [2.05, 4.69) is 12.2 Å². The fourth-order valence-corrected chi connectivity index (χ4v) is 5.60. The van der Waals surface area contributed by atoms with Crippen molar-refractivity contribution in [3.8, 4) is 11.5 Å². The Morgan fingerprint density at radius 1 is 1.15 bits per heavy atom. The molecule has 0 radical (unpaired) electrons. The van der Waals surface area contributed by atoms with E-state index in [1.807, 2.05) is 4.90 Å². The number of anilines is 1. The van der Waals surface area contributed by atoms with Crippen molar-refractivity contribution in [2.75, 3.05) is 51.3 Å². The van der Waals surface area contributed by atoms with Gasteiger partial charge in [-0.1, -0.05) is 6.92 Å². The van der Waals surface area contributed by atoms with Gasteiger partial charge in [0.15, 0.2) is 5.75 Å². The third-order valence-electron chi connectivity index (χ3n) is 6.04. The molecular weight excluding hydrogens is 461 g/mol. The second-order valence-corrected chi connectivity index (χ2v) is 10.6. The van der Waals surface area contributed by atoms with Crippen LogP contribution in [0.3, 0.4) is 0 Å². The third kappa shape index (κ3) is 5.86. The zero-order chi connectivity index (χ0) is 24.1. The molecule has 2 fully saturated rings. The number of morpholine rings is 1. The van der Waals surface area contributed by atoms with E-state index in [4.69, 9.17) is 9.47 Å². The number of piperidine rings is 1. The molecule has 10 heteroatoms. The SMILES string of the molecule is CC1CCCN(C(=O)CNc2cc(S(=O)(=O)N3CCOCC3)ccc2Oc2ccc(F)cc2)C1. The molecule has 1 amide bonds. The molecule has 0 aliphatic carbocycles. The van der Waals surface area contributed by atoms with Crippen molar-refractivity contribution in [1.29, 1.82) is 0 Å². The van der Waals surface area contributed by atoms with Gasteiger partial charge in [-0.05, 0) is 61.2 Å². The number of amides is 1. The highest BCUT2D eigenvalue weighted by molar-refractivity contribution is 7.89. The number of benzene rings is 2. The lowest BCUT2D eigenvalue weighted by Crippen LogP contribution is -2.42. The van der Waals surface area contributed by atoms with E-state index < -0.39 is 10.0 Å². The number of rotatable bonds is 7. The van der Waals surface area contributed by atoms with Crippen molar-refractivity contribution in [2.24, 2.45) is 5.92 Å². The fraction of sp³-hybridized carbons (Fsp3) is 0.458. The zero-order valence-electron chi connectivity index (χ0n) is 19.2. The first-order valence-corrected chi connectivity index (χ1v) is 12.9. The van der Waals surface area contributed by atoms with Crippen LogP contribution in [-0.4, -0.2) is 69.5 Å². The van der Waals surface area contributed by atoms with Gasteiger partial charge in [0.2, 0.25) is 15.9 Å². The molecule has 2 aliphatic heterocycles. The van der Waals surface area contributed by atoms with E-state index in [9.17, 15) is 17.6 Å². The van der Waals surface area contributed by atoms with Gasteiger partial charge < -0.3 is 19.7 Å². The number of hydrogen-bond donors (Lipinski definition) is 1. The molecule has 2 aliphatic rings. The van der Waals surface area contributed by atoms with Gasteiger partial charge in [-0.25, -0.2) is 12.8 Å². The highest BCUT2D eigenvalue weighted by atomic mass is 32.2.